The van der Waals surface area contributed by atoms with Gasteiger partial charge in [0.25, 0.3) is 5.91 Å². The fourth-order valence-corrected chi connectivity index (χ4v) is 3.00. The maximum Gasteiger partial charge on any atom is 0.323 e. The number of anilines is 1. The van der Waals surface area contributed by atoms with E-state index in [0.717, 1.165) is 5.69 Å². The molecule has 2 aliphatic rings. The molecule has 2 amide bonds. The normalized spacial score (nSPS) is 24.3. The number of para-hydroxylation sites is 1. The Morgan fingerprint density at radius 3 is 2.77 bits per heavy atom. The van der Waals surface area contributed by atoms with Crippen molar-refractivity contribution in [2.24, 2.45) is 0 Å². The van der Waals surface area contributed by atoms with Crippen LogP contribution in [0.25, 0.3) is 0 Å². The summed E-state index contributed by atoms with van der Waals surface area (Å²) < 4.78 is 0. The van der Waals surface area contributed by atoms with E-state index in [4.69, 9.17) is 5.11 Å². The number of hydrogen-bond acceptors (Lipinski definition) is 4. The first kappa shape index (κ1) is 14.4. The second-order valence-electron chi connectivity index (χ2n) is 5.67. The minimum Gasteiger partial charge on any atom is -0.480 e. The van der Waals surface area contributed by atoms with Crippen molar-refractivity contribution in [3.05, 3.63) is 29.8 Å². The minimum absolute atomic E-state index is 0.173. The first-order valence-electron chi connectivity index (χ1n) is 7.18. The van der Waals surface area contributed by atoms with E-state index in [1.165, 1.54) is 4.90 Å². The molecular weight excluding hydrogens is 286 g/mol. The summed E-state index contributed by atoms with van der Waals surface area (Å²) in [6.07, 6.45) is 1.09. The molecule has 1 aromatic rings. The Bertz CT molecular complexity index is 645. The molecule has 3 N–H and O–H groups in total. The maximum absolute atomic E-state index is 12.3. The van der Waals surface area contributed by atoms with Gasteiger partial charge in [-0.25, -0.2) is 0 Å². The average Bonchev–Trinajstić information content (AvgIpc) is 2.61. The SMILES string of the molecule is O=C(O)CN1CCC2(CCC1=O)NC(=O)c1ccccc1N2. The zero-order valence-corrected chi connectivity index (χ0v) is 12.0. The summed E-state index contributed by atoms with van der Waals surface area (Å²) in [7, 11) is 0. The first-order chi connectivity index (χ1) is 10.5. The summed E-state index contributed by atoms with van der Waals surface area (Å²) in [6, 6.07) is 7.21. The number of carbonyl (C=O) groups excluding carboxylic acids is 2. The van der Waals surface area contributed by atoms with Crippen molar-refractivity contribution in [1.29, 1.82) is 0 Å². The van der Waals surface area contributed by atoms with E-state index in [0.29, 0.717) is 24.9 Å². The van der Waals surface area contributed by atoms with E-state index in [1.807, 2.05) is 12.1 Å². The van der Waals surface area contributed by atoms with Crippen LogP contribution in [0, 0.1) is 0 Å². The molecule has 2 heterocycles. The third-order valence-electron chi connectivity index (χ3n) is 4.15. The first-order valence-corrected chi connectivity index (χ1v) is 7.18. The lowest BCUT2D eigenvalue weighted by Crippen LogP contribution is -2.57. The molecule has 0 aliphatic carbocycles. The summed E-state index contributed by atoms with van der Waals surface area (Å²) in [5.74, 6) is -1.40. The number of rotatable bonds is 2. The number of benzene rings is 1. The molecule has 0 radical (unpaired) electrons. The Kier molecular flexibility index (Phi) is 3.48. The Labute approximate surface area is 127 Å². The number of amides is 2. The smallest absolute Gasteiger partial charge is 0.323 e. The van der Waals surface area contributed by atoms with Gasteiger partial charge in [-0.3, -0.25) is 14.4 Å². The van der Waals surface area contributed by atoms with Gasteiger partial charge in [0.2, 0.25) is 5.91 Å². The molecule has 1 fully saturated rings. The molecule has 0 saturated carbocycles. The highest BCUT2D eigenvalue weighted by Gasteiger charge is 2.40. The average molecular weight is 303 g/mol. The van der Waals surface area contributed by atoms with E-state index >= 15 is 0 Å². The van der Waals surface area contributed by atoms with Crippen molar-refractivity contribution in [2.45, 2.75) is 24.9 Å². The van der Waals surface area contributed by atoms with Gasteiger partial charge in [-0.1, -0.05) is 12.1 Å². The highest BCUT2D eigenvalue weighted by molar-refractivity contribution is 6.02. The van der Waals surface area contributed by atoms with Crippen LogP contribution in [0.3, 0.4) is 0 Å². The molecule has 1 atom stereocenters. The maximum atomic E-state index is 12.3. The lowest BCUT2D eigenvalue weighted by Gasteiger charge is -2.39. The zero-order chi connectivity index (χ0) is 15.7. The number of aliphatic carboxylic acids is 1. The molecule has 1 saturated heterocycles. The fourth-order valence-electron chi connectivity index (χ4n) is 3.00. The highest BCUT2D eigenvalue weighted by Crippen LogP contribution is 2.31. The summed E-state index contributed by atoms with van der Waals surface area (Å²) in [5.41, 5.74) is 0.616. The second-order valence-corrected chi connectivity index (χ2v) is 5.67. The molecular formula is C15H17N3O4. The van der Waals surface area contributed by atoms with Gasteiger partial charge in [-0.2, -0.15) is 0 Å². The van der Waals surface area contributed by atoms with Crippen LogP contribution < -0.4 is 10.6 Å². The number of likely N-dealkylation sites (tertiary alicyclic amines) is 1. The van der Waals surface area contributed by atoms with Crippen LogP contribution in [0.2, 0.25) is 0 Å². The molecule has 0 bridgehead atoms. The van der Waals surface area contributed by atoms with Crippen LogP contribution in [-0.2, 0) is 9.59 Å². The standard InChI is InChI=1S/C15H17N3O4/c19-12-5-6-15(7-8-18(12)9-13(20)21)16-11-4-2-1-3-10(11)14(22)17-15/h1-4,16H,5-9H2,(H,17,22)(H,20,21). The molecule has 7 heteroatoms. The monoisotopic (exact) mass is 303 g/mol. The third kappa shape index (κ3) is 2.61. The van der Waals surface area contributed by atoms with Crippen molar-refractivity contribution in [2.75, 3.05) is 18.4 Å². The number of nitrogens with zero attached hydrogens (tertiary/aromatic N) is 1. The molecule has 3 rings (SSSR count). The molecule has 2 aliphatic heterocycles. The van der Waals surface area contributed by atoms with Gasteiger partial charge >= 0.3 is 5.97 Å². The van der Waals surface area contributed by atoms with E-state index in [1.54, 1.807) is 12.1 Å². The molecule has 7 nitrogen and oxygen atoms in total. The van der Waals surface area contributed by atoms with Crippen LogP contribution in [0.5, 0.6) is 0 Å². The van der Waals surface area contributed by atoms with Gasteiger partial charge in [0, 0.05) is 25.1 Å². The highest BCUT2D eigenvalue weighted by atomic mass is 16.4. The number of carboxylic acids is 1. The van der Waals surface area contributed by atoms with Crippen LogP contribution in [0.1, 0.15) is 29.6 Å². The van der Waals surface area contributed by atoms with Crippen molar-refractivity contribution in [3.63, 3.8) is 0 Å². The summed E-state index contributed by atoms with van der Waals surface area (Å²) >= 11 is 0. The van der Waals surface area contributed by atoms with Gasteiger partial charge in [0.1, 0.15) is 12.2 Å². The molecule has 1 spiro atoms. The van der Waals surface area contributed by atoms with Gasteiger partial charge in [-0.15, -0.1) is 0 Å². The largest absolute Gasteiger partial charge is 0.480 e. The predicted molar refractivity (Wildman–Crippen MR) is 78.3 cm³/mol. The molecule has 116 valence electrons. The number of fused-ring (bicyclic) bond motifs is 1. The Balaban J connectivity index is 1.82. The van der Waals surface area contributed by atoms with Crippen molar-refractivity contribution in [3.8, 4) is 0 Å². The minimum atomic E-state index is -1.03. The van der Waals surface area contributed by atoms with Crippen LogP contribution in [0.15, 0.2) is 24.3 Å². The van der Waals surface area contributed by atoms with Crippen molar-refractivity contribution in [1.82, 2.24) is 10.2 Å². The number of carboxylic acid groups (broad SMARTS) is 1. The molecule has 0 aromatic heterocycles. The second kappa shape index (κ2) is 5.32. The van der Waals surface area contributed by atoms with Gasteiger partial charge in [-0.05, 0) is 18.6 Å². The molecule has 1 aromatic carbocycles. The topological polar surface area (TPSA) is 98.7 Å². The van der Waals surface area contributed by atoms with E-state index in [2.05, 4.69) is 10.6 Å². The van der Waals surface area contributed by atoms with Crippen molar-refractivity contribution < 1.29 is 19.5 Å². The zero-order valence-electron chi connectivity index (χ0n) is 12.0. The molecule has 1 unspecified atom stereocenters. The van der Waals surface area contributed by atoms with E-state index in [9.17, 15) is 14.4 Å². The third-order valence-corrected chi connectivity index (χ3v) is 4.15. The number of carbonyl (C=O) groups is 3. The fraction of sp³-hybridized carbons (Fsp3) is 0.400. The predicted octanol–water partition coefficient (Wildman–Crippen LogP) is 0.635. The Hall–Kier alpha value is -2.57. The van der Waals surface area contributed by atoms with E-state index < -0.39 is 11.6 Å². The summed E-state index contributed by atoms with van der Waals surface area (Å²) in [6.45, 7) is -0.0139. The van der Waals surface area contributed by atoms with Gasteiger partial charge in [0.15, 0.2) is 0 Å². The van der Waals surface area contributed by atoms with Crippen LogP contribution in [0.4, 0.5) is 5.69 Å². The number of nitrogens with one attached hydrogen (secondary N) is 2. The van der Waals surface area contributed by atoms with Gasteiger partial charge < -0.3 is 20.6 Å². The quantitative estimate of drug-likeness (QED) is 0.744. The lowest BCUT2D eigenvalue weighted by molar-refractivity contribution is -0.144. The van der Waals surface area contributed by atoms with Crippen LogP contribution >= 0.6 is 0 Å². The Morgan fingerprint density at radius 2 is 2.00 bits per heavy atom. The van der Waals surface area contributed by atoms with Crippen LogP contribution in [-0.4, -0.2) is 46.5 Å². The Morgan fingerprint density at radius 1 is 1.23 bits per heavy atom. The van der Waals surface area contributed by atoms with E-state index in [-0.39, 0.29) is 24.8 Å². The van der Waals surface area contributed by atoms with Gasteiger partial charge in [0.05, 0.1) is 5.56 Å². The lowest BCUT2D eigenvalue weighted by atomic mass is 9.95. The molecule has 22 heavy (non-hydrogen) atoms. The summed E-state index contributed by atoms with van der Waals surface area (Å²) in [5, 5.41) is 15.1. The number of hydrogen-bond donors (Lipinski definition) is 3. The van der Waals surface area contributed by atoms with Crippen molar-refractivity contribution >= 4 is 23.5 Å². The summed E-state index contributed by atoms with van der Waals surface area (Å²) in [4.78, 5) is 36.4.